The zero-order valence-electron chi connectivity index (χ0n) is 28.2. The van der Waals surface area contributed by atoms with Gasteiger partial charge < -0.3 is 18.2 Å². The van der Waals surface area contributed by atoms with E-state index < -0.39 is 0 Å². The molecule has 0 fully saturated rings. The average Bonchev–Trinajstić information content (AvgIpc) is 3.98. The molecule has 0 aliphatic carbocycles. The fraction of sp³-hybridized carbons (Fsp3) is 0. The molecule has 53 heavy (non-hydrogen) atoms. The van der Waals surface area contributed by atoms with E-state index in [9.17, 15) is 0 Å². The summed E-state index contributed by atoms with van der Waals surface area (Å²) in [6.45, 7) is 0. The molecule has 0 atom stereocenters. The largest absolute Gasteiger partial charge is 0.456 e. The summed E-state index contributed by atoms with van der Waals surface area (Å²) in [6, 6.07) is 57.4. The van der Waals surface area contributed by atoms with Crippen LogP contribution < -0.4 is 4.90 Å². The first-order valence-electron chi connectivity index (χ1n) is 17.7. The summed E-state index contributed by atoms with van der Waals surface area (Å²) in [5.41, 5.74) is 10.2. The van der Waals surface area contributed by atoms with Gasteiger partial charge in [-0.15, -0.1) is 11.3 Å². The maximum absolute atomic E-state index is 6.67. The van der Waals surface area contributed by atoms with Gasteiger partial charge in [-0.3, -0.25) is 0 Å². The van der Waals surface area contributed by atoms with E-state index in [1.807, 2.05) is 35.6 Å². The topological polar surface area (TPSA) is 42.7 Å². The summed E-state index contributed by atoms with van der Waals surface area (Å²) in [7, 11) is 0. The first kappa shape index (κ1) is 28.8. The van der Waals surface area contributed by atoms with Gasteiger partial charge in [-0.2, -0.15) is 0 Å². The Morgan fingerprint density at radius 3 is 1.72 bits per heavy atom. The highest BCUT2D eigenvalue weighted by Crippen LogP contribution is 2.48. The minimum absolute atomic E-state index is 0.822. The molecule has 0 N–H and O–H groups in total. The van der Waals surface area contributed by atoms with Gasteiger partial charge in [0.05, 0.1) is 11.4 Å². The van der Waals surface area contributed by atoms with Gasteiger partial charge in [-0.05, 0) is 71.8 Å². The fourth-order valence-electron chi connectivity index (χ4n) is 8.36. The number of benzene rings is 8. The zero-order valence-corrected chi connectivity index (χ0v) is 29.0. The number of furan rings is 3. The van der Waals surface area contributed by atoms with E-state index in [0.717, 1.165) is 94.0 Å². The van der Waals surface area contributed by atoms with E-state index in [1.165, 1.54) is 20.2 Å². The third kappa shape index (κ3) is 4.11. The van der Waals surface area contributed by atoms with Crippen LogP contribution in [0.4, 0.5) is 17.1 Å². The second kappa shape index (κ2) is 10.8. The maximum atomic E-state index is 6.67. The summed E-state index contributed by atoms with van der Waals surface area (Å²) in [4.78, 5) is 2.29. The van der Waals surface area contributed by atoms with Crippen molar-refractivity contribution in [2.45, 2.75) is 0 Å². The number of anilines is 3. The molecule has 0 aliphatic rings. The molecule has 0 spiro atoms. The highest BCUT2D eigenvalue weighted by molar-refractivity contribution is 7.26. The van der Waals surface area contributed by atoms with Crippen molar-refractivity contribution in [3.8, 4) is 11.1 Å². The van der Waals surface area contributed by atoms with Crippen LogP contribution >= 0.6 is 11.3 Å². The van der Waals surface area contributed by atoms with Crippen LogP contribution in [0.25, 0.3) is 97.1 Å². The molecule has 0 bridgehead atoms. The van der Waals surface area contributed by atoms with Gasteiger partial charge in [0.25, 0.3) is 0 Å². The molecule has 4 aromatic heterocycles. The Labute approximate surface area is 306 Å². The predicted octanol–water partition coefficient (Wildman–Crippen LogP) is 14.9. The number of para-hydroxylation sites is 4. The molecule has 0 saturated heterocycles. The van der Waals surface area contributed by atoms with E-state index in [0.29, 0.717) is 0 Å². The van der Waals surface area contributed by atoms with Crippen LogP contribution in [0.5, 0.6) is 0 Å². The number of hydrogen-bond donors (Lipinski definition) is 0. The van der Waals surface area contributed by atoms with Gasteiger partial charge in [-0.1, -0.05) is 103 Å². The van der Waals surface area contributed by atoms with Gasteiger partial charge in [0.2, 0.25) is 0 Å². The van der Waals surface area contributed by atoms with Gasteiger partial charge in [0.1, 0.15) is 22.3 Å². The first-order valence-corrected chi connectivity index (χ1v) is 18.6. The van der Waals surface area contributed by atoms with Crippen LogP contribution in [-0.2, 0) is 0 Å². The third-order valence-corrected chi connectivity index (χ3v) is 11.9. The van der Waals surface area contributed by atoms with Crippen molar-refractivity contribution >= 4 is 114 Å². The van der Waals surface area contributed by atoms with Crippen molar-refractivity contribution in [1.82, 2.24) is 0 Å². The lowest BCUT2D eigenvalue weighted by Crippen LogP contribution is -2.10. The summed E-state index contributed by atoms with van der Waals surface area (Å²) in [5.74, 6) is 0. The highest BCUT2D eigenvalue weighted by atomic mass is 32.1. The van der Waals surface area contributed by atoms with Crippen LogP contribution in [0.2, 0.25) is 0 Å². The van der Waals surface area contributed by atoms with Gasteiger partial charge >= 0.3 is 0 Å². The minimum atomic E-state index is 0.822. The normalized spacial score (nSPS) is 12.2. The Kier molecular flexibility index (Phi) is 5.90. The monoisotopic (exact) mass is 697 g/mol. The number of hydrogen-bond acceptors (Lipinski definition) is 5. The summed E-state index contributed by atoms with van der Waals surface area (Å²) >= 11 is 1.83. The van der Waals surface area contributed by atoms with Crippen molar-refractivity contribution in [3.05, 3.63) is 164 Å². The number of rotatable bonds is 4. The van der Waals surface area contributed by atoms with E-state index in [-0.39, 0.29) is 0 Å². The van der Waals surface area contributed by atoms with Gasteiger partial charge in [0.15, 0.2) is 11.2 Å². The second-order valence-electron chi connectivity index (χ2n) is 13.6. The van der Waals surface area contributed by atoms with E-state index in [2.05, 4.69) is 144 Å². The summed E-state index contributed by atoms with van der Waals surface area (Å²) < 4.78 is 22.4. The first-order chi connectivity index (χ1) is 26.3. The molecule has 4 nitrogen and oxygen atoms in total. The third-order valence-electron chi connectivity index (χ3n) is 10.7. The predicted molar refractivity (Wildman–Crippen MR) is 221 cm³/mol. The van der Waals surface area contributed by atoms with Crippen molar-refractivity contribution in [1.29, 1.82) is 0 Å². The van der Waals surface area contributed by atoms with E-state index in [1.54, 1.807) is 0 Å². The zero-order chi connectivity index (χ0) is 34.6. The molecule has 0 radical (unpaired) electrons. The molecule has 12 rings (SSSR count). The second-order valence-corrected chi connectivity index (χ2v) is 14.6. The van der Waals surface area contributed by atoms with Gasteiger partial charge in [0, 0.05) is 58.2 Å². The average molecular weight is 698 g/mol. The SMILES string of the molecule is c1cc(-c2cccc3oc4ccc5c6ccccc6sc5c4c23)cc(N(c2cccc3c2oc2ccccc23)c2cccc3c2oc2ccccc23)c1. The van der Waals surface area contributed by atoms with Crippen molar-refractivity contribution < 1.29 is 13.3 Å². The van der Waals surface area contributed by atoms with Crippen LogP contribution in [0.1, 0.15) is 0 Å². The smallest absolute Gasteiger partial charge is 0.159 e. The molecule has 0 amide bonds. The molecule has 5 heteroatoms. The van der Waals surface area contributed by atoms with Crippen LogP contribution in [0.15, 0.2) is 177 Å². The van der Waals surface area contributed by atoms with Crippen molar-refractivity contribution in [3.63, 3.8) is 0 Å². The summed E-state index contributed by atoms with van der Waals surface area (Å²) in [5, 5.41) is 9.14. The quantitative estimate of drug-likeness (QED) is 0.184. The Morgan fingerprint density at radius 1 is 0.396 bits per heavy atom. The van der Waals surface area contributed by atoms with Crippen molar-refractivity contribution in [2.75, 3.05) is 4.90 Å². The van der Waals surface area contributed by atoms with Crippen molar-refractivity contribution in [2.24, 2.45) is 0 Å². The van der Waals surface area contributed by atoms with E-state index in [4.69, 9.17) is 13.3 Å². The lowest BCUT2D eigenvalue weighted by atomic mass is 9.98. The number of fused-ring (bicyclic) bond motifs is 13. The molecule has 8 aromatic carbocycles. The van der Waals surface area contributed by atoms with Gasteiger partial charge in [-0.25, -0.2) is 0 Å². The molecule has 4 heterocycles. The highest BCUT2D eigenvalue weighted by Gasteiger charge is 2.24. The Morgan fingerprint density at radius 2 is 0.981 bits per heavy atom. The molecular formula is C48H27NO3S. The molecule has 0 aliphatic heterocycles. The standard InChI is InChI=1S/C48H27NO3S/c1-4-21-39-31(13-1)34-17-8-19-37(46(34)51-39)49(38-20-9-18-35-32-14-2-5-22-40(32)52-47(35)38)29-12-7-11-28(27-29)30-16-10-23-41-44(30)45-42(50-41)26-25-36-33-15-3-6-24-43(33)53-48(36)45/h1-27H. The molecule has 0 unspecified atom stereocenters. The maximum Gasteiger partial charge on any atom is 0.159 e. The van der Waals surface area contributed by atoms with E-state index >= 15 is 0 Å². The Balaban J connectivity index is 1.14. The molecular weight excluding hydrogens is 671 g/mol. The lowest BCUT2D eigenvalue weighted by Gasteiger charge is -2.26. The number of thiophene rings is 1. The molecule has 248 valence electrons. The fourth-order valence-corrected chi connectivity index (χ4v) is 9.61. The molecule has 12 aromatic rings. The Bertz CT molecular complexity index is 3320. The minimum Gasteiger partial charge on any atom is -0.456 e. The van der Waals surface area contributed by atoms with Crippen LogP contribution in [-0.4, -0.2) is 0 Å². The summed E-state index contributed by atoms with van der Waals surface area (Å²) in [6.07, 6.45) is 0. The van der Waals surface area contributed by atoms with Crippen LogP contribution in [0.3, 0.4) is 0 Å². The lowest BCUT2D eigenvalue weighted by molar-refractivity contribution is 0.666. The Hall–Kier alpha value is -6.82. The number of nitrogens with zero attached hydrogens (tertiary/aromatic N) is 1. The van der Waals surface area contributed by atoms with Crippen LogP contribution in [0, 0.1) is 0 Å². The molecule has 0 saturated carbocycles.